The van der Waals surface area contributed by atoms with Crippen LogP contribution in [0.3, 0.4) is 0 Å². The highest BCUT2D eigenvalue weighted by Crippen LogP contribution is 2.28. The van der Waals surface area contributed by atoms with Gasteiger partial charge in [-0.3, -0.25) is 14.9 Å². The van der Waals surface area contributed by atoms with Crippen molar-refractivity contribution < 1.29 is 32.4 Å². The quantitative estimate of drug-likeness (QED) is 0.372. The van der Waals surface area contributed by atoms with Gasteiger partial charge in [0.1, 0.15) is 0 Å². The molecule has 0 radical (unpaired) electrons. The zero-order chi connectivity index (χ0) is 19.6. The highest BCUT2D eigenvalue weighted by atomic mass is 35.5. The van der Waals surface area contributed by atoms with E-state index in [1.54, 1.807) is 0 Å². The fraction of sp³-hybridized carbons (Fsp3) is 0.0667. The lowest BCUT2D eigenvalue weighted by Gasteiger charge is -2.10. The Hall–Kier alpha value is -3.14. The van der Waals surface area contributed by atoms with E-state index in [9.17, 15) is 32.9 Å². The molecule has 1 N–H and O–H groups in total. The second-order valence-electron chi connectivity index (χ2n) is 4.78. The molecule has 0 unspecified atom stereocenters. The van der Waals surface area contributed by atoms with Crippen LogP contribution >= 0.6 is 11.6 Å². The number of nitro benzene ring substituents is 1. The van der Waals surface area contributed by atoms with Crippen LogP contribution in [0.1, 0.15) is 20.7 Å². The Morgan fingerprint density at radius 3 is 2.38 bits per heavy atom. The van der Waals surface area contributed by atoms with Gasteiger partial charge in [-0.2, -0.15) is 4.39 Å². The molecular formula is C15H8ClF3N2O5. The van der Waals surface area contributed by atoms with Crippen molar-refractivity contribution >= 4 is 34.9 Å². The third kappa shape index (κ3) is 3.59. The number of halogens is 4. The molecule has 26 heavy (non-hydrogen) atoms. The summed E-state index contributed by atoms with van der Waals surface area (Å²) in [4.78, 5) is 33.0. The lowest BCUT2D eigenvalue weighted by molar-refractivity contribution is -0.387. The second kappa shape index (κ2) is 7.40. The first-order valence-corrected chi connectivity index (χ1v) is 7.06. The number of hydrogen-bond donors (Lipinski definition) is 1. The van der Waals surface area contributed by atoms with E-state index in [4.69, 9.17) is 11.6 Å². The van der Waals surface area contributed by atoms with E-state index >= 15 is 0 Å². The zero-order valence-electron chi connectivity index (χ0n) is 12.8. The first-order chi connectivity index (χ1) is 12.2. The van der Waals surface area contributed by atoms with Crippen LogP contribution in [0.25, 0.3) is 0 Å². The summed E-state index contributed by atoms with van der Waals surface area (Å²) in [6.07, 6.45) is 0. The predicted octanol–water partition coefficient (Wildman–Crippen LogP) is 3.70. The van der Waals surface area contributed by atoms with Crippen LogP contribution in [0.15, 0.2) is 24.3 Å². The van der Waals surface area contributed by atoms with Crippen molar-refractivity contribution in [2.75, 3.05) is 12.4 Å². The first kappa shape index (κ1) is 19.2. The van der Waals surface area contributed by atoms with E-state index in [1.807, 2.05) is 0 Å². The van der Waals surface area contributed by atoms with Crippen LogP contribution < -0.4 is 5.32 Å². The Morgan fingerprint density at radius 1 is 1.15 bits per heavy atom. The summed E-state index contributed by atoms with van der Waals surface area (Å²) in [5, 5.41) is 12.7. The summed E-state index contributed by atoms with van der Waals surface area (Å²) in [6.45, 7) is 0. The van der Waals surface area contributed by atoms with Crippen molar-refractivity contribution in [3.63, 3.8) is 0 Å². The number of methoxy groups -OCH3 is 1. The molecule has 0 aliphatic carbocycles. The molecule has 0 fully saturated rings. The van der Waals surface area contributed by atoms with Gasteiger partial charge in [-0.1, -0.05) is 11.6 Å². The third-order valence-electron chi connectivity index (χ3n) is 3.20. The molecule has 11 heteroatoms. The Labute approximate surface area is 148 Å². The monoisotopic (exact) mass is 388 g/mol. The number of ether oxygens (including phenoxy) is 1. The number of nitro groups is 1. The first-order valence-electron chi connectivity index (χ1n) is 6.68. The fourth-order valence-electron chi connectivity index (χ4n) is 1.94. The summed E-state index contributed by atoms with van der Waals surface area (Å²) in [5.41, 5.74) is -2.71. The Bertz CT molecular complexity index is 936. The normalized spacial score (nSPS) is 10.3. The fourth-order valence-corrected chi connectivity index (χ4v) is 2.11. The molecule has 0 saturated heterocycles. The van der Waals surface area contributed by atoms with Crippen LogP contribution in [-0.2, 0) is 4.74 Å². The topological polar surface area (TPSA) is 98.5 Å². The number of nitrogens with one attached hydrogen (secondary N) is 1. The van der Waals surface area contributed by atoms with E-state index in [-0.39, 0.29) is 22.3 Å². The molecular weight excluding hydrogens is 381 g/mol. The molecule has 136 valence electrons. The minimum atomic E-state index is -2.17. The van der Waals surface area contributed by atoms with Gasteiger partial charge >= 0.3 is 11.7 Å². The maximum atomic E-state index is 13.8. The van der Waals surface area contributed by atoms with Crippen molar-refractivity contribution in [3.8, 4) is 0 Å². The van der Waals surface area contributed by atoms with Crippen LogP contribution in [0, 0.1) is 27.6 Å². The van der Waals surface area contributed by atoms with E-state index in [0.717, 1.165) is 13.2 Å². The molecule has 2 aromatic rings. The number of hydrogen-bond acceptors (Lipinski definition) is 5. The molecule has 0 aliphatic heterocycles. The third-order valence-corrected chi connectivity index (χ3v) is 3.53. The van der Waals surface area contributed by atoms with Gasteiger partial charge in [0, 0.05) is 6.07 Å². The van der Waals surface area contributed by atoms with E-state index in [0.29, 0.717) is 0 Å². The molecule has 0 aromatic heterocycles. The number of amides is 1. The number of nitrogens with zero attached hydrogens (tertiary/aromatic N) is 1. The van der Waals surface area contributed by atoms with E-state index in [1.165, 1.54) is 12.1 Å². The molecule has 2 aromatic carbocycles. The number of carbonyl (C=O) groups is 2. The van der Waals surface area contributed by atoms with Crippen molar-refractivity contribution in [1.29, 1.82) is 0 Å². The summed E-state index contributed by atoms with van der Waals surface area (Å²) in [5.74, 6) is -8.21. The number of anilines is 1. The maximum Gasteiger partial charge on any atom is 0.337 e. The van der Waals surface area contributed by atoms with Gasteiger partial charge in [0.05, 0.1) is 33.9 Å². The molecule has 0 atom stereocenters. The number of benzene rings is 2. The Kier molecular flexibility index (Phi) is 5.46. The zero-order valence-corrected chi connectivity index (χ0v) is 13.6. The lowest BCUT2D eigenvalue weighted by atomic mass is 10.1. The van der Waals surface area contributed by atoms with Crippen molar-refractivity contribution in [2.45, 2.75) is 0 Å². The van der Waals surface area contributed by atoms with Gasteiger partial charge in [-0.15, -0.1) is 0 Å². The molecule has 7 nitrogen and oxygen atoms in total. The number of esters is 1. The Balaban J connectivity index is 2.46. The SMILES string of the molecule is COC(=O)c1ccc(Cl)c(NC(=O)c2cc([N+](=O)[O-])c(F)c(F)c2F)c1. The van der Waals surface area contributed by atoms with Crippen LogP contribution in [0.5, 0.6) is 0 Å². The van der Waals surface area contributed by atoms with Gasteiger partial charge in [-0.05, 0) is 18.2 Å². The average molecular weight is 389 g/mol. The van der Waals surface area contributed by atoms with Crippen LogP contribution in [0.2, 0.25) is 5.02 Å². The molecule has 0 bridgehead atoms. The van der Waals surface area contributed by atoms with Crippen molar-refractivity contribution in [3.05, 3.63) is 68.0 Å². The minimum absolute atomic E-state index is 0.0102. The lowest BCUT2D eigenvalue weighted by Crippen LogP contribution is -2.17. The molecule has 0 heterocycles. The maximum absolute atomic E-state index is 13.8. The van der Waals surface area contributed by atoms with Crippen LogP contribution in [0.4, 0.5) is 24.5 Å². The van der Waals surface area contributed by atoms with E-state index in [2.05, 4.69) is 10.1 Å². The highest BCUT2D eigenvalue weighted by Gasteiger charge is 2.28. The summed E-state index contributed by atoms with van der Waals surface area (Å²) in [7, 11) is 1.12. The van der Waals surface area contributed by atoms with Gasteiger partial charge in [0.25, 0.3) is 5.91 Å². The standard InChI is InChI=1S/C15H8ClF3N2O5/c1-26-15(23)6-2-3-8(16)9(4-6)20-14(22)7-5-10(21(24)25)12(18)13(19)11(7)17/h2-5H,1H3,(H,20,22). The van der Waals surface area contributed by atoms with E-state index < -0.39 is 45.5 Å². The van der Waals surface area contributed by atoms with Crippen molar-refractivity contribution in [2.24, 2.45) is 0 Å². The highest BCUT2D eigenvalue weighted by molar-refractivity contribution is 6.34. The minimum Gasteiger partial charge on any atom is -0.465 e. The smallest absolute Gasteiger partial charge is 0.337 e. The molecule has 1 amide bonds. The van der Waals surface area contributed by atoms with Gasteiger partial charge in [0.15, 0.2) is 5.82 Å². The van der Waals surface area contributed by atoms with Crippen molar-refractivity contribution in [1.82, 2.24) is 0 Å². The molecule has 2 rings (SSSR count). The summed E-state index contributed by atoms with van der Waals surface area (Å²) >= 11 is 5.85. The Morgan fingerprint density at radius 2 is 1.81 bits per heavy atom. The molecule has 0 spiro atoms. The predicted molar refractivity (Wildman–Crippen MR) is 83.7 cm³/mol. The number of carbonyl (C=O) groups excluding carboxylic acids is 2. The van der Waals surface area contributed by atoms with Gasteiger partial charge in [-0.25, -0.2) is 13.6 Å². The largest absolute Gasteiger partial charge is 0.465 e. The average Bonchev–Trinajstić information content (AvgIpc) is 2.60. The summed E-state index contributed by atoms with van der Waals surface area (Å²) in [6, 6.07) is 3.86. The second-order valence-corrected chi connectivity index (χ2v) is 5.19. The van der Waals surface area contributed by atoms with Gasteiger partial charge < -0.3 is 10.1 Å². The van der Waals surface area contributed by atoms with Crippen LogP contribution in [-0.4, -0.2) is 23.9 Å². The van der Waals surface area contributed by atoms with Gasteiger partial charge in [0.2, 0.25) is 11.6 Å². The number of rotatable bonds is 4. The molecule has 0 aliphatic rings. The molecule has 0 saturated carbocycles. The summed E-state index contributed by atoms with van der Waals surface area (Å²) < 4.78 is 45.2.